The summed E-state index contributed by atoms with van der Waals surface area (Å²) in [6, 6.07) is 4.56. The van der Waals surface area contributed by atoms with E-state index in [0.29, 0.717) is 24.3 Å². The van der Waals surface area contributed by atoms with Crippen LogP contribution >= 0.6 is 0 Å². The second-order valence-electron chi connectivity index (χ2n) is 2.98. The van der Waals surface area contributed by atoms with Crippen LogP contribution in [-0.2, 0) is 0 Å². The molecule has 0 saturated carbocycles. The van der Waals surface area contributed by atoms with Gasteiger partial charge in [0.15, 0.2) is 0 Å². The zero-order valence-electron chi connectivity index (χ0n) is 8.90. The summed E-state index contributed by atoms with van der Waals surface area (Å²) in [6.45, 7) is 0.441. The minimum absolute atomic E-state index is 0.0520. The number of benzene rings is 1. The summed E-state index contributed by atoms with van der Waals surface area (Å²) in [6.07, 6.45) is 0.517. The molecule has 1 rings (SSSR count). The van der Waals surface area contributed by atoms with Gasteiger partial charge in [-0.25, -0.2) is 0 Å². The Labute approximate surface area is 93.4 Å². The fourth-order valence-corrected chi connectivity index (χ4v) is 1.13. The highest BCUT2D eigenvalue weighted by Crippen LogP contribution is 2.23. The minimum Gasteiger partial charge on any atom is -0.497 e. The molecule has 84 valence electrons. The zero-order chi connectivity index (χ0) is 12.0. The molecule has 0 atom stereocenters. The highest BCUT2D eigenvalue weighted by atomic mass is 16.6. The molecular weight excluding hydrogens is 208 g/mol. The molecular formula is C11H12N2O3. The molecule has 0 fully saturated rings. The van der Waals surface area contributed by atoms with Crippen LogP contribution in [0.15, 0.2) is 18.2 Å². The Bertz CT molecular complexity index is 446. The first kappa shape index (κ1) is 12.0. The second-order valence-corrected chi connectivity index (χ2v) is 2.98. The number of hydrogen-bond acceptors (Lipinski definition) is 4. The normalized spacial score (nSPS) is 9.12. The standard InChI is InChI=1S/C11H12N2O3/c1-16-10-6-5-9(4-2-3-7-12)11(8-10)13(14)15/h5-6,8H,3,7,12H2,1H3. The van der Waals surface area contributed by atoms with Crippen LogP contribution in [0.25, 0.3) is 0 Å². The number of nitrogens with zero attached hydrogens (tertiary/aromatic N) is 1. The molecule has 0 bridgehead atoms. The number of rotatable bonds is 3. The fraction of sp³-hybridized carbons (Fsp3) is 0.273. The SMILES string of the molecule is COc1ccc(C#CCCN)c([N+](=O)[O-])c1. The van der Waals surface area contributed by atoms with Gasteiger partial charge in [0.2, 0.25) is 0 Å². The van der Waals surface area contributed by atoms with Gasteiger partial charge in [0.05, 0.1) is 18.1 Å². The first-order chi connectivity index (χ1) is 7.69. The van der Waals surface area contributed by atoms with Gasteiger partial charge in [0.25, 0.3) is 5.69 Å². The summed E-state index contributed by atoms with van der Waals surface area (Å²) in [5.74, 6) is 5.92. The van der Waals surface area contributed by atoms with Crippen LogP contribution in [-0.4, -0.2) is 18.6 Å². The Hall–Kier alpha value is -2.06. The molecule has 1 aromatic rings. The Morgan fingerprint density at radius 2 is 2.31 bits per heavy atom. The van der Waals surface area contributed by atoms with Crippen molar-refractivity contribution >= 4 is 5.69 Å². The highest BCUT2D eigenvalue weighted by molar-refractivity contribution is 5.54. The first-order valence-corrected chi connectivity index (χ1v) is 4.70. The van der Waals surface area contributed by atoms with Gasteiger partial charge < -0.3 is 10.5 Å². The number of nitrogens with two attached hydrogens (primary N) is 1. The van der Waals surface area contributed by atoms with Crippen molar-refractivity contribution in [2.45, 2.75) is 6.42 Å². The molecule has 0 amide bonds. The number of methoxy groups -OCH3 is 1. The van der Waals surface area contributed by atoms with Gasteiger partial charge in [0.1, 0.15) is 11.3 Å². The van der Waals surface area contributed by atoms with Gasteiger partial charge in [0, 0.05) is 13.0 Å². The van der Waals surface area contributed by atoms with Crippen molar-refractivity contribution in [1.82, 2.24) is 0 Å². The summed E-state index contributed by atoms with van der Waals surface area (Å²) >= 11 is 0. The molecule has 0 heterocycles. The molecule has 5 heteroatoms. The van der Waals surface area contributed by atoms with Gasteiger partial charge in [-0.1, -0.05) is 11.8 Å². The van der Waals surface area contributed by atoms with Crippen LogP contribution in [0.5, 0.6) is 5.75 Å². The van der Waals surface area contributed by atoms with Gasteiger partial charge >= 0.3 is 0 Å². The van der Waals surface area contributed by atoms with E-state index in [1.54, 1.807) is 12.1 Å². The third-order valence-corrected chi connectivity index (χ3v) is 1.89. The van der Waals surface area contributed by atoms with Gasteiger partial charge in [-0.05, 0) is 12.1 Å². The fourth-order valence-electron chi connectivity index (χ4n) is 1.13. The lowest BCUT2D eigenvalue weighted by Crippen LogP contribution is -1.96. The summed E-state index contributed by atoms with van der Waals surface area (Å²) in [5, 5.41) is 10.8. The second kappa shape index (κ2) is 5.73. The van der Waals surface area contributed by atoms with Crippen LogP contribution in [0.3, 0.4) is 0 Å². The average molecular weight is 220 g/mol. The van der Waals surface area contributed by atoms with E-state index < -0.39 is 4.92 Å². The molecule has 2 N–H and O–H groups in total. The maximum Gasteiger partial charge on any atom is 0.288 e. The third kappa shape index (κ3) is 2.97. The average Bonchev–Trinajstić information content (AvgIpc) is 2.29. The zero-order valence-corrected chi connectivity index (χ0v) is 8.90. The van der Waals surface area contributed by atoms with Crippen molar-refractivity contribution in [3.8, 4) is 17.6 Å². The predicted octanol–water partition coefficient (Wildman–Crippen LogP) is 1.30. The summed E-state index contributed by atoms with van der Waals surface area (Å²) < 4.78 is 4.91. The van der Waals surface area contributed by atoms with Gasteiger partial charge in [-0.15, -0.1) is 0 Å². The van der Waals surface area contributed by atoms with E-state index in [-0.39, 0.29) is 5.69 Å². The van der Waals surface area contributed by atoms with Crippen molar-refractivity contribution in [3.63, 3.8) is 0 Å². The van der Waals surface area contributed by atoms with Crippen molar-refractivity contribution in [2.75, 3.05) is 13.7 Å². The van der Waals surface area contributed by atoms with E-state index in [0.717, 1.165) is 0 Å². The van der Waals surface area contributed by atoms with Gasteiger partial charge in [-0.3, -0.25) is 10.1 Å². The molecule has 0 aromatic heterocycles. The van der Waals surface area contributed by atoms with Crippen molar-refractivity contribution in [1.29, 1.82) is 0 Å². The number of hydrogen-bond donors (Lipinski definition) is 1. The Morgan fingerprint density at radius 3 is 2.88 bits per heavy atom. The lowest BCUT2D eigenvalue weighted by atomic mass is 10.1. The van der Waals surface area contributed by atoms with E-state index in [9.17, 15) is 10.1 Å². The highest BCUT2D eigenvalue weighted by Gasteiger charge is 2.12. The molecule has 0 aliphatic rings. The molecule has 1 aromatic carbocycles. The smallest absolute Gasteiger partial charge is 0.288 e. The van der Waals surface area contributed by atoms with Crippen LogP contribution in [0, 0.1) is 22.0 Å². The van der Waals surface area contributed by atoms with Crippen LogP contribution < -0.4 is 10.5 Å². The van der Waals surface area contributed by atoms with Crippen LogP contribution in [0.4, 0.5) is 5.69 Å². The molecule has 0 aliphatic heterocycles. The molecule has 5 nitrogen and oxygen atoms in total. The molecule has 0 saturated heterocycles. The van der Waals surface area contributed by atoms with Crippen molar-refractivity contribution in [3.05, 3.63) is 33.9 Å². The summed E-state index contributed by atoms with van der Waals surface area (Å²) in [4.78, 5) is 10.3. The lowest BCUT2D eigenvalue weighted by Gasteiger charge is -2.00. The molecule has 0 aliphatic carbocycles. The Morgan fingerprint density at radius 1 is 1.56 bits per heavy atom. The van der Waals surface area contributed by atoms with E-state index in [4.69, 9.17) is 10.5 Å². The first-order valence-electron chi connectivity index (χ1n) is 4.70. The van der Waals surface area contributed by atoms with Crippen LogP contribution in [0.2, 0.25) is 0 Å². The quantitative estimate of drug-likeness (QED) is 0.473. The topological polar surface area (TPSA) is 78.4 Å². The largest absolute Gasteiger partial charge is 0.497 e. The molecule has 0 radical (unpaired) electrons. The predicted molar refractivity (Wildman–Crippen MR) is 60.2 cm³/mol. The Balaban J connectivity index is 3.09. The summed E-state index contributed by atoms with van der Waals surface area (Å²) in [7, 11) is 1.46. The number of ether oxygens (including phenoxy) is 1. The van der Waals surface area contributed by atoms with E-state index in [1.165, 1.54) is 13.2 Å². The molecule has 0 unspecified atom stereocenters. The number of nitro benzene ring substituents is 1. The van der Waals surface area contributed by atoms with Crippen molar-refractivity contribution in [2.24, 2.45) is 5.73 Å². The molecule has 0 spiro atoms. The maximum atomic E-state index is 10.8. The minimum atomic E-state index is -0.477. The summed E-state index contributed by atoms with van der Waals surface area (Å²) in [5.41, 5.74) is 5.60. The van der Waals surface area contributed by atoms with E-state index >= 15 is 0 Å². The van der Waals surface area contributed by atoms with Crippen LogP contribution in [0.1, 0.15) is 12.0 Å². The van der Waals surface area contributed by atoms with E-state index in [2.05, 4.69) is 11.8 Å². The lowest BCUT2D eigenvalue weighted by molar-refractivity contribution is -0.385. The van der Waals surface area contributed by atoms with Crippen molar-refractivity contribution < 1.29 is 9.66 Å². The number of nitro groups is 1. The van der Waals surface area contributed by atoms with Gasteiger partial charge in [-0.2, -0.15) is 0 Å². The maximum absolute atomic E-state index is 10.8. The third-order valence-electron chi connectivity index (χ3n) is 1.89. The van der Waals surface area contributed by atoms with E-state index in [1.807, 2.05) is 0 Å². The molecule has 16 heavy (non-hydrogen) atoms. The Kier molecular flexibility index (Phi) is 4.30. The monoisotopic (exact) mass is 220 g/mol.